The van der Waals surface area contributed by atoms with E-state index in [9.17, 15) is 5.11 Å². The Morgan fingerprint density at radius 3 is 2.57 bits per heavy atom. The SMILES string of the molecule is OCC(Nc1ccc2nccnc2n1)c1ccc(Cl)cc1. The second-order valence-electron chi connectivity index (χ2n) is 4.53. The Bertz CT molecular complexity index is 748. The van der Waals surface area contributed by atoms with Gasteiger partial charge in [0.2, 0.25) is 0 Å². The number of pyridine rings is 1. The Hall–Kier alpha value is -2.24. The number of hydrogen-bond acceptors (Lipinski definition) is 5. The van der Waals surface area contributed by atoms with Gasteiger partial charge in [0.25, 0.3) is 0 Å². The first-order valence-electron chi connectivity index (χ1n) is 6.47. The molecule has 0 aliphatic carbocycles. The molecule has 1 aromatic carbocycles. The van der Waals surface area contributed by atoms with E-state index in [0.717, 1.165) is 11.1 Å². The van der Waals surface area contributed by atoms with E-state index < -0.39 is 0 Å². The molecular weight excluding hydrogens is 288 g/mol. The lowest BCUT2D eigenvalue weighted by Gasteiger charge is -2.17. The average Bonchev–Trinajstić information content (AvgIpc) is 2.53. The minimum atomic E-state index is -0.260. The first kappa shape index (κ1) is 13.7. The highest BCUT2D eigenvalue weighted by atomic mass is 35.5. The normalized spacial score (nSPS) is 12.3. The summed E-state index contributed by atoms with van der Waals surface area (Å²) in [5.41, 5.74) is 2.23. The number of aliphatic hydroxyl groups is 1. The minimum absolute atomic E-state index is 0.0538. The fraction of sp³-hybridized carbons (Fsp3) is 0.133. The van der Waals surface area contributed by atoms with Crippen LogP contribution in [0.1, 0.15) is 11.6 Å². The summed E-state index contributed by atoms with van der Waals surface area (Å²) >= 11 is 5.87. The number of nitrogens with one attached hydrogen (secondary N) is 1. The van der Waals surface area contributed by atoms with E-state index >= 15 is 0 Å². The van der Waals surface area contributed by atoms with E-state index in [1.165, 1.54) is 0 Å². The molecule has 0 aliphatic heterocycles. The molecule has 0 fully saturated rings. The predicted octanol–water partition coefficient (Wildman–Crippen LogP) is 2.82. The lowest BCUT2D eigenvalue weighted by atomic mass is 10.1. The Labute approximate surface area is 126 Å². The van der Waals surface area contributed by atoms with Crippen molar-refractivity contribution in [3.05, 3.63) is 59.4 Å². The van der Waals surface area contributed by atoms with E-state index in [1.807, 2.05) is 24.3 Å². The van der Waals surface area contributed by atoms with Gasteiger partial charge in [0.1, 0.15) is 11.3 Å². The maximum Gasteiger partial charge on any atom is 0.180 e. The summed E-state index contributed by atoms with van der Waals surface area (Å²) in [6, 6.07) is 10.7. The number of aromatic nitrogens is 3. The fourth-order valence-electron chi connectivity index (χ4n) is 2.04. The van der Waals surface area contributed by atoms with E-state index in [-0.39, 0.29) is 12.6 Å². The molecule has 2 N–H and O–H groups in total. The van der Waals surface area contributed by atoms with Crippen LogP contribution < -0.4 is 5.32 Å². The summed E-state index contributed by atoms with van der Waals surface area (Å²) in [5.74, 6) is 0.636. The van der Waals surface area contributed by atoms with E-state index in [0.29, 0.717) is 16.5 Å². The van der Waals surface area contributed by atoms with E-state index in [2.05, 4.69) is 20.3 Å². The van der Waals surface area contributed by atoms with Gasteiger partial charge in [-0.25, -0.2) is 9.97 Å². The minimum Gasteiger partial charge on any atom is -0.394 e. The maximum atomic E-state index is 9.57. The molecule has 3 aromatic rings. The van der Waals surface area contributed by atoms with Crippen LogP contribution in [0.2, 0.25) is 5.02 Å². The van der Waals surface area contributed by atoms with Gasteiger partial charge in [-0.1, -0.05) is 23.7 Å². The monoisotopic (exact) mass is 300 g/mol. The Morgan fingerprint density at radius 2 is 1.81 bits per heavy atom. The van der Waals surface area contributed by atoms with Crippen molar-refractivity contribution < 1.29 is 5.11 Å². The molecule has 2 aromatic heterocycles. The Morgan fingerprint density at radius 1 is 1.05 bits per heavy atom. The number of fused-ring (bicyclic) bond motifs is 1. The Balaban J connectivity index is 1.86. The summed E-state index contributed by atoms with van der Waals surface area (Å²) in [4.78, 5) is 12.7. The van der Waals surface area contributed by atoms with Gasteiger partial charge in [0, 0.05) is 17.4 Å². The molecule has 0 amide bonds. The van der Waals surface area contributed by atoms with Crippen molar-refractivity contribution >= 4 is 28.6 Å². The highest BCUT2D eigenvalue weighted by Crippen LogP contribution is 2.21. The highest BCUT2D eigenvalue weighted by Gasteiger charge is 2.11. The van der Waals surface area contributed by atoms with Gasteiger partial charge in [0.05, 0.1) is 12.6 Å². The zero-order chi connectivity index (χ0) is 14.7. The smallest absolute Gasteiger partial charge is 0.180 e. The third kappa shape index (κ3) is 3.09. The van der Waals surface area contributed by atoms with Crippen LogP contribution in [0.4, 0.5) is 5.82 Å². The fourth-order valence-corrected chi connectivity index (χ4v) is 2.17. The van der Waals surface area contributed by atoms with E-state index in [1.54, 1.807) is 24.5 Å². The molecular formula is C15H13ClN4O. The van der Waals surface area contributed by atoms with Crippen LogP contribution in [0.3, 0.4) is 0 Å². The molecule has 1 unspecified atom stereocenters. The molecule has 0 spiro atoms. The lowest BCUT2D eigenvalue weighted by Crippen LogP contribution is -2.15. The van der Waals surface area contributed by atoms with Gasteiger partial charge in [-0.2, -0.15) is 0 Å². The molecule has 0 aliphatic rings. The number of halogens is 1. The number of nitrogens with zero attached hydrogens (tertiary/aromatic N) is 3. The quantitative estimate of drug-likeness (QED) is 0.775. The van der Waals surface area contributed by atoms with Crippen molar-refractivity contribution in [1.29, 1.82) is 0 Å². The summed E-state index contributed by atoms with van der Waals surface area (Å²) in [6.45, 7) is -0.0538. The summed E-state index contributed by atoms with van der Waals surface area (Å²) in [7, 11) is 0. The maximum absolute atomic E-state index is 9.57. The van der Waals surface area contributed by atoms with Crippen LogP contribution in [0.25, 0.3) is 11.2 Å². The van der Waals surface area contributed by atoms with Gasteiger partial charge < -0.3 is 10.4 Å². The largest absolute Gasteiger partial charge is 0.394 e. The molecule has 21 heavy (non-hydrogen) atoms. The first-order chi connectivity index (χ1) is 10.3. The van der Waals surface area contributed by atoms with Gasteiger partial charge >= 0.3 is 0 Å². The van der Waals surface area contributed by atoms with Crippen LogP contribution in [-0.2, 0) is 0 Å². The molecule has 5 nitrogen and oxygen atoms in total. The highest BCUT2D eigenvalue weighted by molar-refractivity contribution is 6.30. The summed E-state index contributed by atoms with van der Waals surface area (Å²) in [6.07, 6.45) is 3.23. The van der Waals surface area contributed by atoms with Crippen LogP contribution >= 0.6 is 11.6 Å². The van der Waals surface area contributed by atoms with Crippen LogP contribution in [0.15, 0.2) is 48.8 Å². The van der Waals surface area contributed by atoms with Crippen molar-refractivity contribution in [3.63, 3.8) is 0 Å². The van der Waals surface area contributed by atoms with Gasteiger partial charge in [-0.05, 0) is 29.8 Å². The molecule has 0 bridgehead atoms. The van der Waals surface area contributed by atoms with Crippen molar-refractivity contribution in [2.24, 2.45) is 0 Å². The number of aliphatic hydroxyl groups excluding tert-OH is 1. The molecule has 1 atom stereocenters. The Kier molecular flexibility index (Phi) is 3.94. The molecule has 6 heteroatoms. The van der Waals surface area contributed by atoms with Crippen LogP contribution in [0, 0.1) is 0 Å². The molecule has 2 heterocycles. The van der Waals surface area contributed by atoms with Crippen molar-refractivity contribution in [2.45, 2.75) is 6.04 Å². The van der Waals surface area contributed by atoms with E-state index in [4.69, 9.17) is 11.6 Å². The van der Waals surface area contributed by atoms with Crippen LogP contribution in [0.5, 0.6) is 0 Å². The zero-order valence-electron chi connectivity index (χ0n) is 11.1. The van der Waals surface area contributed by atoms with Crippen molar-refractivity contribution in [2.75, 3.05) is 11.9 Å². The standard InChI is InChI=1S/C15H13ClN4O/c16-11-3-1-10(2-4-11)13(9-21)19-14-6-5-12-15(20-14)18-8-7-17-12/h1-8,13,21H,9H2,(H,18,19,20). The second kappa shape index (κ2) is 6.03. The van der Waals surface area contributed by atoms with Gasteiger partial charge in [0.15, 0.2) is 5.65 Å². The molecule has 3 rings (SSSR count). The predicted molar refractivity (Wildman–Crippen MR) is 82.2 cm³/mol. The number of hydrogen-bond donors (Lipinski definition) is 2. The topological polar surface area (TPSA) is 70.9 Å². The zero-order valence-corrected chi connectivity index (χ0v) is 11.8. The average molecular weight is 301 g/mol. The lowest BCUT2D eigenvalue weighted by molar-refractivity contribution is 0.276. The summed E-state index contributed by atoms with van der Waals surface area (Å²) < 4.78 is 0. The first-order valence-corrected chi connectivity index (χ1v) is 6.84. The molecule has 106 valence electrons. The van der Waals surface area contributed by atoms with Gasteiger partial charge in [-0.3, -0.25) is 4.98 Å². The number of anilines is 1. The van der Waals surface area contributed by atoms with Crippen molar-refractivity contribution in [1.82, 2.24) is 15.0 Å². The molecule has 0 saturated carbocycles. The third-order valence-corrected chi connectivity index (χ3v) is 3.36. The van der Waals surface area contributed by atoms with Crippen LogP contribution in [-0.4, -0.2) is 26.7 Å². The van der Waals surface area contributed by atoms with Crippen molar-refractivity contribution in [3.8, 4) is 0 Å². The van der Waals surface area contributed by atoms with Gasteiger partial charge in [-0.15, -0.1) is 0 Å². The molecule has 0 radical (unpaired) electrons. The number of benzene rings is 1. The third-order valence-electron chi connectivity index (χ3n) is 3.11. The number of rotatable bonds is 4. The molecule has 0 saturated heterocycles. The summed E-state index contributed by atoms with van der Waals surface area (Å²) in [5, 5.41) is 13.4. The second-order valence-corrected chi connectivity index (χ2v) is 4.96.